The van der Waals surface area contributed by atoms with Crippen LogP contribution >= 0.6 is 22.7 Å². The van der Waals surface area contributed by atoms with Gasteiger partial charge in [0.1, 0.15) is 11.5 Å². The van der Waals surface area contributed by atoms with Crippen LogP contribution in [-0.2, 0) is 16.1 Å². The van der Waals surface area contributed by atoms with Gasteiger partial charge in [0, 0.05) is 34.3 Å². The first-order valence-electron chi connectivity index (χ1n) is 12.1. The average molecular weight is 584 g/mol. The van der Waals surface area contributed by atoms with E-state index in [1.807, 2.05) is 6.07 Å². The van der Waals surface area contributed by atoms with E-state index in [0.717, 1.165) is 10.1 Å². The van der Waals surface area contributed by atoms with Gasteiger partial charge in [-0.25, -0.2) is 0 Å². The minimum atomic E-state index is -1.05. The summed E-state index contributed by atoms with van der Waals surface area (Å²) in [6.07, 6.45) is -0.693. The molecule has 0 saturated carbocycles. The summed E-state index contributed by atoms with van der Waals surface area (Å²) < 4.78 is 12.4. The van der Waals surface area contributed by atoms with Crippen LogP contribution in [0.3, 0.4) is 0 Å². The van der Waals surface area contributed by atoms with Gasteiger partial charge in [0.05, 0.1) is 42.4 Å². The highest BCUT2D eigenvalue weighted by Crippen LogP contribution is 2.35. The summed E-state index contributed by atoms with van der Waals surface area (Å²) in [4.78, 5) is 60.4. The number of ether oxygens (including phenoxy) is 2. The second kappa shape index (κ2) is 12.3. The van der Waals surface area contributed by atoms with Gasteiger partial charge in [-0.05, 0) is 47.2 Å². The van der Waals surface area contributed by atoms with Crippen LogP contribution in [0.1, 0.15) is 60.9 Å². The number of methoxy groups -OCH3 is 2. The fourth-order valence-electron chi connectivity index (χ4n) is 4.08. The van der Waals surface area contributed by atoms with Gasteiger partial charge in [0.15, 0.2) is 11.6 Å². The Hall–Kier alpha value is -4.29. The molecule has 2 aromatic carbocycles. The molecular weight excluding hydrogens is 558 g/mol. The lowest BCUT2D eigenvalue weighted by Crippen LogP contribution is -2.23. The number of carboxylic acids is 2. The average Bonchev–Trinajstić information content (AvgIpc) is 3.55. The minimum absolute atomic E-state index is 0.0867. The highest BCUT2D eigenvalue weighted by molar-refractivity contribution is 7.21. The molecule has 0 spiro atoms. The molecule has 2 aromatic heterocycles. The lowest BCUT2D eigenvalue weighted by molar-refractivity contribution is -0.137. The van der Waals surface area contributed by atoms with Crippen LogP contribution in [-0.4, -0.2) is 53.8 Å². The van der Waals surface area contributed by atoms with Crippen LogP contribution in [0.15, 0.2) is 36.4 Å². The molecule has 2 heterocycles. The number of thiophene rings is 2. The highest BCUT2D eigenvalue weighted by Gasteiger charge is 2.19. The normalized spacial score (nSPS) is 10.9. The molecule has 0 aliphatic heterocycles. The maximum atomic E-state index is 13.2. The summed E-state index contributed by atoms with van der Waals surface area (Å²) in [5.74, 6) is -2.19. The van der Waals surface area contributed by atoms with Gasteiger partial charge in [-0.3, -0.25) is 24.0 Å². The summed E-state index contributed by atoms with van der Waals surface area (Å²) in [5, 5.41) is 22.0. The molecule has 12 heteroatoms. The Bertz CT molecular complexity index is 1650. The Labute approximate surface area is 236 Å². The molecule has 0 unspecified atom stereocenters. The number of amides is 1. The Kier molecular flexibility index (Phi) is 8.80. The van der Waals surface area contributed by atoms with E-state index < -0.39 is 17.8 Å². The van der Waals surface area contributed by atoms with E-state index in [0.29, 0.717) is 36.9 Å². The number of hydrogen-bond donors (Lipinski definition) is 3. The first-order valence-corrected chi connectivity index (χ1v) is 13.7. The summed E-state index contributed by atoms with van der Waals surface area (Å²) in [6, 6.07) is 10.3. The third kappa shape index (κ3) is 6.46. The van der Waals surface area contributed by atoms with E-state index in [1.54, 1.807) is 30.3 Å². The molecule has 10 nitrogen and oxygen atoms in total. The SMILES string of the molecule is COc1cc2cc(C(=O)CCC(=O)O)sc2cc1CNC(=O)c1cc2sc(C(=O)CCC(=O)O)cc2cc1OC. The van der Waals surface area contributed by atoms with E-state index in [-0.39, 0.29) is 49.4 Å². The molecule has 4 aromatic rings. The zero-order chi connectivity index (χ0) is 29.0. The van der Waals surface area contributed by atoms with Gasteiger partial charge in [0.25, 0.3) is 5.91 Å². The zero-order valence-corrected chi connectivity index (χ0v) is 23.2. The van der Waals surface area contributed by atoms with Crippen molar-refractivity contribution in [2.45, 2.75) is 32.2 Å². The molecule has 0 saturated heterocycles. The number of fused-ring (bicyclic) bond motifs is 2. The molecule has 0 fully saturated rings. The molecule has 0 radical (unpaired) electrons. The smallest absolute Gasteiger partial charge is 0.303 e. The first kappa shape index (κ1) is 28.7. The van der Waals surface area contributed by atoms with Gasteiger partial charge in [-0.15, -0.1) is 22.7 Å². The molecule has 40 heavy (non-hydrogen) atoms. The number of ketones is 2. The van der Waals surface area contributed by atoms with Crippen molar-refractivity contribution in [1.29, 1.82) is 0 Å². The van der Waals surface area contributed by atoms with Crippen molar-refractivity contribution >= 4 is 72.3 Å². The lowest BCUT2D eigenvalue weighted by Gasteiger charge is -2.12. The molecule has 0 aliphatic rings. The summed E-state index contributed by atoms with van der Waals surface area (Å²) in [6.45, 7) is 0.114. The molecule has 0 atom stereocenters. The molecule has 1 amide bonds. The number of Topliss-reactive ketones (excluding diaryl/α,β-unsaturated/α-hetero) is 2. The van der Waals surface area contributed by atoms with Crippen molar-refractivity contribution in [2.75, 3.05) is 14.2 Å². The standard InChI is InChI=1S/C28H25NO9S2/c1-37-20-7-14-9-24(18(30)3-5-26(32)33)39-22(14)11-16(20)13-29-28(36)17-12-23-15(8-21(17)38-2)10-25(40-23)19(31)4-6-27(34)35/h7-12H,3-6,13H2,1-2H3,(H,29,36)(H,32,33)(H,34,35). The number of carbonyl (C=O) groups excluding carboxylic acids is 3. The van der Waals surface area contributed by atoms with Gasteiger partial charge >= 0.3 is 11.9 Å². The third-order valence-electron chi connectivity index (χ3n) is 6.12. The molecule has 4 rings (SSSR count). The number of aliphatic carboxylic acids is 2. The largest absolute Gasteiger partial charge is 0.496 e. The maximum Gasteiger partial charge on any atom is 0.303 e. The van der Waals surface area contributed by atoms with Crippen LogP contribution in [0.5, 0.6) is 11.5 Å². The fraction of sp³-hybridized carbons (Fsp3) is 0.250. The van der Waals surface area contributed by atoms with Crippen molar-refractivity contribution in [3.63, 3.8) is 0 Å². The second-order valence-electron chi connectivity index (χ2n) is 8.83. The maximum absolute atomic E-state index is 13.2. The van der Waals surface area contributed by atoms with Crippen LogP contribution in [0, 0.1) is 0 Å². The highest BCUT2D eigenvalue weighted by atomic mass is 32.1. The van der Waals surface area contributed by atoms with Gasteiger partial charge < -0.3 is 25.0 Å². The van der Waals surface area contributed by atoms with Gasteiger partial charge in [-0.1, -0.05) is 0 Å². The second-order valence-corrected chi connectivity index (χ2v) is 11.0. The number of hydrogen-bond acceptors (Lipinski definition) is 9. The van der Waals surface area contributed by atoms with Crippen LogP contribution < -0.4 is 14.8 Å². The zero-order valence-electron chi connectivity index (χ0n) is 21.6. The Morgan fingerprint density at radius 2 is 1.20 bits per heavy atom. The van der Waals surface area contributed by atoms with Crippen molar-refractivity contribution in [3.05, 3.63) is 57.3 Å². The van der Waals surface area contributed by atoms with Crippen molar-refractivity contribution in [1.82, 2.24) is 5.32 Å². The summed E-state index contributed by atoms with van der Waals surface area (Å²) in [7, 11) is 2.94. The Balaban J connectivity index is 1.54. The molecular formula is C28H25NO9S2. The molecule has 0 aliphatic carbocycles. The van der Waals surface area contributed by atoms with E-state index >= 15 is 0 Å². The Morgan fingerprint density at radius 1 is 0.700 bits per heavy atom. The minimum Gasteiger partial charge on any atom is -0.496 e. The number of carbonyl (C=O) groups is 5. The first-order chi connectivity index (χ1) is 19.1. The van der Waals surface area contributed by atoms with E-state index in [2.05, 4.69) is 5.32 Å². The van der Waals surface area contributed by atoms with Crippen molar-refractivity contribution in [3.8, 4) is 11.5 Å². The molecule has 208 valence electrons. The van der Waals surface area contributed by atoms with E-state index in [4.69, 9.17) is 19.7 Å². The number of nitrogens with one attached hydrogen (secondary N) is 1. The fourth-order valence-corrected chi connectivity index (χ4v) is 6.21. The summed E-state index contributed by atoms with van der Waals surface area (Å²) in [5.41, 5.74) is 0.945. The van der Waals surface area contributed by atoms with Crippen LogP contribution in [0.4, 0.5) is 0 Å². The van der Waals surface area contributed by atoms with Gasteiger partial charge in [0.2, 0.25) is 0 Å². The number of rotatable bonds is 13. The Morgan fingerprint density at radius 3 is 1.70 bits per heavy atom. The van der Waals surface area contributed by atoms with Crippen molar-refractivity contribution < 1.29 is 43.7 Å². The quantitative estimate of drug-likeness (QED) is 0.181. The van der Waals surface area contributed by atoms with Crippen LogP contribution in [0.2, 0.25) is 0 Å². The number of carboxylic acid groups (broad SMARTS) is 2. The monoisotopic (exact) mass is 583 g/mol. The molecule has 3 N–H and O–H groups in total. The third-order valence-corrected chi connectivity index (χ3v) is 8.40. The topological polar surface area (TPSA) is 156 Å². The van der Waals surface area contributed by atoms with Crippen LogP contribution in [0.25, 0.3) is 20.2 Å². The van der Waals surface area contributed by atoms with E-state index in [9.17, 15) is 24.0 Å². The van der Waals surface area contributed by atoms with E-state index in [1.165, 1.54) is 36.9 Å². The number of benzene rings is 2. The summed E-state index contributed by atoms with van der Waals surface area (Å²) >= 11 is 2.43. The van der Waals surface area contributed by atoms with Crippen molar-refractivity contribution in [2.24, 2.45) is 0 Å². The molecule has 0 bridgehead atoms. The predicted octanol–water partition coefficient (Wildman–Crippen LogP) is 5.16. The predicted molar refractivity (Wildman–Crippen MR) is 150 cm³/mol. The lowest BCUT2D eigenvalue weighted by atomic mass is 10.1. The van der Waals surface area contributed by atoms with Gasteiger partial charge in [-0.2, -0.15) is 0 Å².